The summed E-state index contributed by atoms with van der Waals surface area (Å²) >= 11 is 0. The van der Waals surface area contributed by atoms with Crippen LogP contribution < -0.4 is 16.4 Å². The Labute approximate surface area is 64.3 Å². The average molecular weight is 157 g/mol. The van der Waals surface area contributed by atoms with Crippen molar-refractivity contribution in [1.82, 2.24) is 10.6 Å². The van der Waals surface area contributed by atoms with Gasteiger partial charge in [-0.15, -0.1) is 0 Å². The number of primary amides is 1. The van der Waals surface area contributed by atoms with Gasteiger partial charge in [0.25, 0.3) is 0 Å². The molecule has 0 aromatic heterocycles. The summed E-state index contributed by atoms with van der Waals surface area (Å²) in [6, 6.07) is -0.238. The summed E-state index contributed by atoms with van der Waals surface area (Å²) in [4.78, 5) is 20.6. The molecule has 0 saturated carbocycles. The molecule has 0 bridgehead atoms. The van der Waals surface area contributed by atoms with E-state index in [0.717, 1.165) is 0 Å². The number of amides is 2. The second-order valence-corrected chi connectivity index (χ2v) is 2.58. The number of nitrogens with one attached hydrogen (secondary N) is 2. The summed E-state index contributed by atoms with van der Waals surface area (Å²) < 4.78 is 0. The molecule has 0 aromatic rings. The van der Waals surface area contributed by atoms with E-state index in [4.69, 9.17) is 5.73 Å². The van der Waals surface area contributed by atoms with Gasteiger partial charge >= 0.3 is 0 Å². The Morgan fingerprint density at radius 3 is 2.91 bits per heavy atom. The lowest BCUT2D eigenvalue weighted by Crippen LogP contribution is -2.36. The third kappa shape index (κ3) is 1.91. The van der Waals surface area contributed by atoms with Crippen LogP contribution in [0.2, 0.25) is 0 Å². The van der Waals surface area contributed by atoms with E-state index >= 15 is 0 Å². The number of carbonyl (C=O) groups excluding carboxylic acids is 2. The number of hydrogen-bond donors (Lipinski definition) is 3. The fraction of sp³-hybridized carbons (Fsp3) is 0.667. The lowest BCUT2D eigenvalue weighted by atomic mass is 10.2. The standard InChI is InChI=1S/C6H11N3O2/c7-6(11)5-1-4(2-8-5)9-3-10/h3-5,8H,1-2H2,(H2,7,11)(H,9,10). The SMILES string of the molecule is NC(=O)C1CC(NC=O)CN1. The van der Waals surface area contributed by atoms with Crippen molar-refractivity contribution < 1.29 is 9.59 Å². The Balaban J connectivity index is 2.34. The van der Waals surface area contributed by atoms with Gasteiger partial charge in [-0.2, -0.15) is 0 Å². The summed E-state index contributed by atoms with van der Waals surface area (Å²) in [5.74, 6) is -0.361. The highest BCUT2D eigenvalue weighted by atomic mass is 16.1. The molecule has 2 unspecified atom stereocenters. The van der Waals surface area contributed by atoms with Gasteiger partial charge in [-0.3, -0.25) is 9.59 Å². The maximum atomic E-state index is 10.6. The van der Waals surface area contributed by atoms with Crippen molar-refractivity contribution in [2.75, 3.05) is 6.54 Å². The zero-order chi connectivity index (χ0) is 8.27. The Kier molecular flexibility index (Phi) is 2.43. The number of carbonyl (C=O) groups is 2. The number of rotatable bonds is 3. The molecule has 2 atom stereocenters. The molecular weight excluding hydrogens is 146 g/mol. The molecule has 1 saturated heterocycles. The highest BCUT2D eigenvalue weighted by Gasteiger charge is 2.26. The van der Waals surface area contributed by atoms with Crippen molar-refractivity contribution in [3.05, 3.63) is 0 Å². The van der Waals surface area contributed by atoms with Gasteiger partial charge in [0.1, 0.15) is 0 Å². The van der Waals surface area contributed by atoms with Crippen LogP contribution in [0.25, 0.3) is 0 Å². The van der Waals surface area contributed by atoms with Crippen molar-refractivity contribution >= 4 is 12.3 Å². The van der Waals surface area contributed by atoms with Gasteiger partial charge in [-0.05, 0) is 6.42 Å². The molecule has 2 amide bonds. The van der Waals surface area contributed by atoms with Crippen LogP contribution in [0.5, 0.6) is 0 Å². The van der Waals surface area contributed by atoms with E-state index in [1.807, 2.05) is 0 Å². The molecule has 1 heterocycles. The van der Waals surface area contributed by atoms with Crippen molar-refractivity contribution in [3.63, 3.8) is 0 Å². The Morgan fingerprint density at radius 1 is 1.73 bits per heavy atom. The Morgan fingerprint density at radius 2 is 2.45 bits per heavy atom. The smallest absolute Gasteiger partial charge is 0.234 e. The van der Waals surface area contributed by atoms with E-state index in [9.17, 15) is 9.59 Å². The van der Waals surface area contributed by atoms with Crippen LogP contribution in [0.15, 0.2) is 0 Å². The topological polar surface area (TPSA) is 84.2 Å². The van der Waals surface area contributed by atoms with Crippen LogP contribution in [0.3, 0.4) is 0 Å². The molecule has 5 heteroatoms. The van der Waals surface area contributed by atoms with Crippen LogP contribution in [0, 0.1) is 0 Å². The summed E-state index contributed by atoms with van der Waals surface area (Å²) in [6.45, 7) is 0.617. The van der Waals surface area contributed by atoms with E-state index in [1.165, 1.54) is 0 Å². The van der Waals surface area contributed by atoms with E-state index in [2.05, 4.69) is 10.6 Å². The predicted molar refractivity (Wildman–Crippen MR) is 38.6 cm³/mol. The molecule has 62 valence electrons. The first-order valence-corrected chi connectivity index (χ1v) is 3.46. The number of nitrogens with two attached hydrogens (primary N) is 1. The van der Waals surface area contributed by atoms with Gasteiger partial charge in [-0.1, -0.05) is 0 Å². The van der Waals surface area contributed by atoms with Crippen molar-refractivity contribution in [1.29, 1.82) is 0 Å². The molecule has 11 heavy (non-hydrogen) atoms. The van der Waals surface area contributed by atoms with Gasteiger partial charge in [0.05, 0.1) is 6.04 Å². The highest BCUT2D eigenvalue weighted by Crippen LogP contribution is 2.04. The molecule has 5 nitrogen and oxygen atoms in total. The minimum atomic E-state index is -0.361. The fourth-order valence-corrected chi connectivity index (χ4v) is 1.18. The molecule has 4 N–H and O–H groups in total. The van der Waals surface area contributed by atoms with Crippen LogP contribution in [-0.4, -0.2) is 30.9 Å². The molecule has 0 aliphatic carbocycles. The molecular formula is C6H11N3O2. The van der Waals surface area contributed by atoms with Gasteiger partial charge in [0.2, 0.25) is 12.3 Å². The quantitative estimate of drug-likeness (QED) is 0.412. The third-order valence-corrected chi connectivity index (χ3v) is 1.78. The van der Waals surface area contributed by atoms with E-state index in [1.54, 1.807) is 0 Å². The minimum absolute atomic E-state index is 0.0463. The van der Waals surface area contributed by atoms with Crippen LogP contribution in [-0.2, 0) is 9.59 Å². The Bertz CT molecular complexity index is 171. The third-order valence-electron chi connectivity index (χ3n) is 1.78. The van der Waals surface area contributed by atoms with Crippen LogP contribution in [0.1, 0.15) is 6.42 Å². The van der Waals surface area contributed by atoms with Gasteiger partial charge in [-0.25, -0.2) is 0 Å². The van der Waals surface area contributed by atoms with E-state index in [-0.39, 0.29) is 18.0 Å². The zero-order valence-corrected chi connectivity index (χ0v) is 6.04. The normalized spacial score (nSPS) is 29.8. The lowest BCUT2D eigenvalue weighted by Gasteiger charge is -2.04. The van der Waals surface area contributed by atoms with Crippen LogP contribution in [0.4, 0.5) is 0 Å². The molecule has 1 fully saturated rings. The van der Waals surface area contributed by atoms with E-state index < -0.39 is 0 Å². The largest absolute Gasteiger partial charge is 0.368 e. The molecule has 1 rings (SSSR count). The summed E-state index contributed by atoms with van der Waals surface area (Å²) in [5, 5.41) is 5.47. The highest BCUT2D eigenvalue weighted by molar-refractivity contribution is 5.80. The Hall–Kier alpha value is -1.10. The first-order valence-electron chi connectivity index (χ1n) is 3.46. The summed E-state index contributed by atoms with van der Waals surface area (Å²) in [5.41, 5.74) is 5.04. The van der Waals surface area contributed by atoms with Gasteiger partial charge in [0.15, 0.2) is 0 Å². The minimum Gasteiger partial charge on any atom is -0.368 e. The summed E-state index contributed by atoms with van der Waals surface area (Å²) in [6.07, 6.45) is 1.23. The molecule has 0 spiro atoms. The average Bonchev–Trinajstić information content (AvgIpc) is 2.37. The fourth-order valence-electron chi connectivity index (χ4n) is 1.18. The maximum absolute atomic E-state index is 10.6. The van der Waals surface area contributed by atoms with Crippen molar-refractivity contribution in [2.45, 2.75) is 18.5 Å². The van der Waals surface area contributed by atoms with E-state index in [0.29, 0.717) is 19.4 Å². The molecule has 1 aliphatic rings. The first-order chi connectivity index (χ1) is 5.24. The monoisotopic (exact) mass is 157 g/mol. The number of hydrogen-bond acceptors (Lipinski definition) is 3. The van der Waals surface area contributed by atoms with Gasteiger partial charge in [0, 0.05) is 12.6 Å². The maximum Gasteiger partial charge on any atom is 0.234 e. The second kappa shape index (κ2) is 3.34. The molecule has 0 aromatic carbocycles. The first kappa shape index (κ1) is 8.00. The zero-order valence-electron chi connectivity index (χ0n) is 6.04. The predicted octanol–water partition coefficient (Wildman–Crippen LogP) is -2.05. The molecule has 1 aliphatic heterocycles. The van der Waals surface area contributed by atoms with Crippen LogP contribution >= 0.6 is 0 Å². The second-order valence-electron chi connectivity index (χ2n) is 2.58. The summed E-state index contributed by atoms with van der Waals surface area (Å²) in [7, 11) is 0. The lowest BCUT2D eigenvalue weighted by molar-refractivity contribution is -0.119. The van der Waals surface area contributed by atoms with Crippen molar-refractivity contribution in [2.24, 2.45) is 5.73 Å². The van der Waals surface area contributed by atoms with Gasteiger partial charge < -0.3 is 16.4 Å². The van der Waals surface area contributed by atoms with Crippen molar-refractivity contribution in [3.8, 4) is 0 Å². The molecule has 0 radical (unpaired) electrons.